The second-order valence-electron chi connectivity index (χ2n) is 5.92. The van der Waals surface area contributed by atoms with Crippen molar-refractivity contribution in [3.8, 4) is 17.3 Å². The summed E-state index contributed by atoms with van der Waals surface area (Å²) in [6.45, 7) is 3.58. The molecule has 2 N–H and O–H groups in total. The Morgan fingerprint density at radius 3 is 2.73 bits per heavy atom. The zero-order chi connectivity index (χ0) is 19.1. The first-order valence-electron chi connectivity index (χ1n) is 8.40. The van der Waals surface area contributed by atoms with E-state index >= 15 is 0 Å². The summed E-state index contributed by atoms with van der Waals surface area (Å²) in [5, 5.41) is 10.5. The molecule has 0 amide bonds. The Bertz CT molecular complexity index is 883. The quantitative estimate of drug-likeness (QED) is 0.540. The maximum Gasteiger partial charge on any atom is 0.335 e. The Morgan fingerprint density at radius 2 is 2.04 bits per heavy atom. The Morgan fingerprint density at radius 1 is 1.31 bits per heavy atom. The van der Waals surface area contributed by atoms with Gasteiger partial charge in [-0.15, -0.1) is 0 Å². The maximum atomic E-state index is 12.3. The Balaban J connectivity index is 2.42. The van der Waals surface area contributed by atoms with Gasteiger partial charge in [0.2, 0.25) is 5.88 Å². The van der Waals surface area contributed by atoms with Crippen molar-refractivity contribution in [2.75, 3.05) is 33.8 Å². The molecule has 26 heavy (non-hydrogen) atoms. The summed E-state index contributed by atoms with van der Waals surface area (Å²) in [7, 11) is 3.93. The van der Waals surface area contributed by atoms with Crippen LogP contribution >= 0.6 is 0 Å². The van der Waals surface area contributed by atoms with Gasteiger partial charge in [-0.3, -0.25) is 14.8 Å². The summed E-state index contributed by atoms with van der Waals surface area (Å²) in [4.78, 5) is 32.8. The first kappa shape index (κ1) is 19.5. The number of nitrogens with zero attached hydrogens (tertiary/aromatic N) is 3. The van der Waals surface area contributed by atoms with E-state index in [1.807, 2.05) is 25.9 Å². The van der Waals surface area contributed by atoms with E-state index < -0.39 is 17.1 Å². The van der Waals surface area contributed by atoms with E-state index in [9.17, 15) is 14.7 Å². The number of H-pyrrole nitrogens is 1. The first-order valence-corrected chi connectivity index (χ1v) is 8.40. The lowest BCUT2D eigenvalue weighted by molar-refractivity contribution is 0.336. The summed E-state index contributed by atoms with van der Waals surface area (Å²) in [5.74, 6) is -0.0458. The molecule has 0 fully saturated rings. The number of para-hydroxylation sites is 2. The Kier molecular flexibility index (Phi) is 6.74. The molecule has 0 aliphatic rings. The van der Waals surface area contributed by atoms with Crippen LogP contribution in [0.25, 0.3) is 5.69 Å². The molecule has 0 saturated carbocycles. The molecule has 2 aromatic rings. The molecule has 2 rings (SSSR count). The van der Waals surface area contributed by atoms with E-state index in [-0.39, 0.29) is 5.56 Å². The lowest BCUT2D eigenvalue weighted by Crippen LogP contribution is -2.31. The standard InChI is InChI=1S/C18H24N4O4/c1-4-26-15-9-6-5-8-14(15)22-17(24)13(16(23)20-18(22)25)12-19-10-7-11-21(2)3/h5-6,8-9,12,24H,4,7,10-11H2,1-3H3,(H,20,23,25). The molecule has 0 bridgehead atoms. The van der Waals surface area contributed by atoms with E-state index in [1.165, 1.54) is 6.21 Å². The number of benzene rings is 1. The second kappa shape index (κ2) is 9.00. The van der Waals surface area contributed by atoms with Crippen molar-refractivity contribution < 1.29 is 9.84 Å². The van der Waals surface area contributed by atoms with Gasteiger partial charge in [0.1, 0.15) is 11.3 Å². The van der Waals surface area contributed by atoms with Crippen molar-refractivity contribution in [2.45, 2.75) is 13.3 Å². The minimum Gasteiger partial charge on any atom is -0.493 e. The van der Waals surface area contributed by atoms with Crippen LogP contribution in [0.2, 0.25) is 0 Å². The van der Waals surface area contributed by atoms with Gasteiger partial charge in [-0.1, -0.05) is 12.1 Å². The summed E-state index contributed by atoms with van der Waals surface area (Å²) < 4.78 is 6.51. The zero-order valence-electron chi connectivity index (χ0n) is 15.2. The van der Waals surface area contributed by atoms with Crippen molar-refractivity contribution in [2.24, 2.45) is 4.99 Å². The van der Waals surface area contributed by atoms with Gasteiger partial charge >= 0.3 is 5.69 Å². The molecule has 8 nitrogen and oxygen atoms in total. The predicted octanol–water partition coefficient (Wildman–Crippen LogP) is 1.00. The van der Waals surface area contributed by atoms with E-state index in [2.05, 4.69) is 9.98 Å². The molecule has 0 spiro atoms. The molecule has 0 saturated heterocycles. The highest BCUT2D eigenvalue weighted by molar-refractivity contribution is 5.82. The second-order valence-corrected chi connectivity index (χ2v) is 5.92. The average Bonchev–Trinajstić information content (AvgIpc) is 2.58. The highest BCUT2D eigenvalue weighted by atomic mass is 16.5. The number of aromatic amines is 1. The van der Waals surface area contributed by atoms with E-state index in [4.69, 9.17) is 4.74 Å². The third kappa shape index (κ3) is 4.60. The monoisotopic (exact) mass is 360 g/mol. The van der Waals surface area contributed by atoms with Crippen LogP contribution in [0.1, 0.15) is 18.9 Å². The fourth-order valence-corrected chi connectivity index (χ4v) is 2.43. The number of rotatable bonds is 8. The predicted molar refractivity (Wildman–Crippen MR) is 101 cm³/mol. The van der Waals surface area contributed by atoms with Crippen LogP contribution in [0.15, 0.2) is 38.8 Å². The molecule has 1 heterocycles. The van der Waals surface area contributed by atoms with Crippen LogP contribution in [0.3, 0.4) is 0 Å². The Labute approximate surface area is 151 Å². The summed E-state index contributed by atoms with van der Waals surface area (Å²) in [6.07, 6.45) is 2.11. The van der Waals surface area contributed by atoms with Crippen molar-refractivity contribution >= 4 is 6.21 Å². The zero-order valence-corrected chi connectivity index (χ0v) is 15.2. The van der Waals surface area contributed by atoms with Gasteiger partial charge in [0.25, 0.3) is 5.56 Å². The van der Waals surface area contributed by atoms with Crippen LogP contribution in [0.4, 0.5) is 0 Å². The van der Waals surface area contributed by atoms with E-state index in [0.29, 0.717) is 24.6 Å². The lowest BCUT2D eigenvalue weighted by atomic mass is 10.2. The van der Waals surface area contributed by atoms with Gasteiger partial charge in [-0.25, -0.2) is 9.36 Å². The molecule has 0 unspecified atom stereocenters. The number of nitrogens with one attached hydrogen (secondary N) is 1. The summed E-state index contributed by atoms with van der Waals surface area (Å²) in [5.41, 5.74) is -1.16. The Hall–Kier alpha value is -2.87. The van der Waals surface area contributed by atoms with Crippen LogP contribution in [-0.2, 0) is 0 Å². The van der Waals surface area contributed by atoms with Crippen molar-refractivity contribution in [1.29, 1.82) is 0 Å². The number of hydrogen-bond acceptors (Lipinski definition) is 6. The van der Waals surface area contributed by atoms with Crippen LogP contribution in [0.5, 0.6) is 11.6 Å². The largest absolute Gasteiger partial charge is 0.493 e. The minimum atomic E-state index is -0.746. The minimum absolute atomic E-state index is 0.0687. The van der Waals surface area contributed by atoms with Crippen molar-refractivity contribution in [3.63, 3.8) is 0 Å². The van der Waals surface area contributed by atoms with Gasteiger partial charge in [0, 0.05) is 12.8 Å². The molecule has 0 aliphatic carbocycles. The molecule has 1 aromatic carbocycles. The fourth-order valence-electron chi connectivity index (χ4n) is 2.43. The number of aromatic hydroxyl groups is 1. The fraction of sp³-hybridized carbons (Fsp3) is 0.389. The third-order valence-corrected chi connectivity index (χ3v) is 3.64. The van der Waals surface area contributed by atoms with Crippen LogP contribution < -0.4 is 16.0 Å². The molecule has 0 radical (unpaired) electrons. The molecular weight excluding hydrogens is 336 g/mol. The molecule has 0 aliphatic heterocycles. The summed E-state index contributed by atoms with van der Waals surface area (Å²) in [6, 6.07) is 6.78. The van der Waals surface area contributed by atoms with Gasteiger partial charge in [0.15, 0.2) is 0 Å². The molecule has 140 valence electrons. The van der Waals surface area contributed by atoms with Crippen molar-refractivity contribution in [1.82, 2.24) is 14.5 Å². The van der Waals surface area contributed by atoms with Crippen molar-refractivity contribution in [3.05, 3.63) is 50.7 Å². The summed E-state index contributed by atoms with van der Waals surface area (Å²) >= 11 is 0. The SMILES string of the molecule is CCOc1ccccc1-n1c(O)c(C=NCCCN(C)C)c(=O)[nH]c1=O. The number of ether oxygens (including phenoxy) is 1. The number of hydrogen-bond donors (Lipinski definition) is 2. The first-order chi connectivity index (χ1) is 12.5. The van der Waals surface area contributed by atoms with Crippen LogP contribution in [-0.4, -0.2) is 59.6 Å². The molecule has 0 atom stereocenters. The topological polar surface area (TPSA) is 99.9 Å². The number of aromatic nitrogens is 2. The molecule has 1 aromatic heterocycles. The molecule has 8 heteroatoms. The highest BCUT2D eigenvalue weighted by Gasteiger charge is 2.16. The number of aliphatic imine (C=N–C) groups is 1. The van der Waals surface area contributed by atoms with Crippen LogP contribution in [0, 0.1) is 0 Å². The normalized spacial score (nSPS) is 11.4. The smallest absolute Gasteiger partial charge is 0.335 e. The van der Waals surface area contributed by atoms with Gasteiger partial charge in [-0.2, -0.15) is 0 Å². The van der Waals surface area contributed by atoms with E-state index in [0.717, 1.165) is 17.5 Å². The highest BCUT2D eigenvalue weighted by Crippen LogP contribution is 2.25. The maximum absolute atomic E-state index is 12.3. The lowest BCUT2D eigenvalue weighted by Gasteiger charge is -2.14. The van der Waals surface area contributed by atoms with E-state index in [1.54, 1.807) is 24.3 Å². The van der Waals surface area contributed by atoms with Gasteiger partial charge < -0.3 is 14.7 Å². The van der Waals surface area contributed by atoms with Gasteiger partial charge in [-0.05, 0) is 46.1 Å². The average molecular weight is 360 g/mol. The molecular formula is C18H24N4O4. The third-order valence-electron chi connectivity index (χ3n) is 3.64. The van der Waals surface area contributed by atoms with Gasteiger partial charge in [0.05, 0.1) is 12.3 Å².